The summed E-state index contributed by atoms with van der Waals surface area (Å²) in [4.78, 5) is 33.5. The van der Waals surface area contributed by atoms with Gasteiger partial charge >= 0.3 is 6.09 Å². The predicted molar refractivity (Wildman–Crippen MR) is 133 cm³/mol. The number of hydrogen-bond acceptors (Lipinski definition) is 5. The van der Waals surface area contributed by atoms with Crippen molar-refractivity contribution in [3.8, 4) is 11.3 Å². The van der Waals surface area contributed by atoms with Gasteiger partial charge in [-0.05, 0) is 43.5 Å². The highest BCUT2D eigenvalue weighted by Gasteiger charge is 2.28. The summed E-state index contributed by atoms with van der Waals surface area (Å²) in [6, 6.07) is 9.48. The minimum Gasteiger partial charge on any atom is -0.453 e. The summed E-state index contributed by atoms with van der Waals surface area (Å²) in [7, 11) is 1.39. The first-order chi connectivity index (χ1) is 16.9. The number of nitrogens with zero attached hydrogens (tertiary/aromatic N) is 4. The molecule has 0 N–H and O–H groups in total. The predicted octanol–water partition coefficient (Wildman–Crippen LogP) is 4.21. The highest BCUT2D eigenvalue weighted by atomic mass is 35.5. The van der Waals surface area contributed by atoms with Crippen molar-refractivity contribution in [1.29, 1.82) is 0 Å². The number of amides is 2. The number of fused-ring (bicyclic) bond motifs is 1. The van der Waals surface area contributed by atoms with Gasteiger partial charge in [-0.15, -0.1) is 0 Å². The van der Waals surface area contributed by atoms with Crippen LogP contribution in [-0.4, -0.2) is 77.2 Å². The summed E-state index contributed by atoms with van der Waals surface area (Å²) >= 11 is 6.26. The SMILES string of the molecule is COC(=O)N1CCO[C@@H](Cc2c(-c3ccc(C(=O)N4CCCC4)cc3C)nc3cc(Cl)ccn23)C1. The lowest BCUT2D eigenvalue weighted by Gasteiger charge is -2.32. The quantitative estimate of drug-likeness (QED) is 0.541. The molecule has 2 fully saturated rings. The average Bonchev–Trinajstić information content (AvgIpc) is 3.52. The van der Waals surface area contributed by atoms with Crippen molar-refractivity contribution in [3.63, 3.8) is 0 Å². The van der Waals surface area contributed by atoms with E-state index in [9.17, 15) is 9.59 Å². The summed E-state index contributed by atoms with van der Waals surface area (Å²) in [5.74, 6) is 0.0812. The van der Waals surface area contributed by atoms with E-state index in [0.717, 1.165) is 54.1 Å². The van der Waals surface area contributed by atoms with Crippen molar-refractivity contribution in [2.24, 2.45) is 0 Å². The van der Waals surface area contributed by atoms with E-state index in [0.29, 0.717) is 36.7 Å². The van der Waals surface area contributed by atoms with Gasteiger partial charge in [-0.1, -0.05) is 17.7 Å². The monoisotopic (exact) mass is 496 g/mol. The standard InChI is InChI=1S/C26H29ClN4O4/c1-17-13-18(25(32)29-8-3-4-9-29)5-6-21(17)24-22(31-10-7-19(27)14-23(31)28-24)15-20-16-30(11-12-35-20)26(33)34-2/h5-7,10,13-14,20H,3-4,8-9,11-12,15-16H2,1-2H3/t20-/m0/s1. The molecule has 3 aromatic rings. The number of hydrogen-bond donors (Lipinski definition) is 0. The van der Waals surface area contributed by atoms with Crippen LogP contribution in [0.2, 0.25) is 5.02 Å². The smallest absolute Gasteiger partial charge is 0.409 e. The molecule has 0 spiro atoms. The van der Waals surface area contributed by atoms with Gasteiger partial charge in [0.05, 0.1) is 37.8 Å². The number of ether oxygens (including phenoxy) is 2. The van der Waals surface area contributed by atoms with Crippen LogP contribution >= 0.6 is 11.6 Å². The summed E-state index contributed by atoms with van der Waals surface area (Å²) < 4.78 is 12.9. The number of aromatic nitrogens is 2. The minimum absolute atomic E-state index is 0.0812. The summed E-state index contributed by atoms with van der Waals surface area (Å²) in [6.45, 7) is 5.04. The molecule has 1 atom stereocenters. The van der Waals surface area contributed by atoms with Crippen LogP contribution in [0.4, 0.5) is 4.79 Å². The van der Waals surface area contributed by atoms with E-state index in [-0.39, 0.29) is 18.1 Å². The zero-order chi connectivity index (χ0) is 24.5. The lowest BCUT2D eigenvalue weighted by molar-refractivity contribution is -0.0241. The molecule has 0 unspecified atom stereocenters. The number of carbonyl (C=O) groups excluding carboxylic acids is 2. The molecule has 2 aromatic heterocycles. The highest BCUT2D eigenvalue weighted by Crippen LogP contribution is 2.31. The van der Waals surface area contributed by atoms with Gasteiger partial charge in [0, 0.05) is 54.5 Å². The Bertz CT molecular complexity index is 1270. The maximum absolute atomic E-state index is 12.9. The number of morpholine rings is 1. The van der Waals surface area contributed by atoms with Gasteiger partial charge < -0.3 is 23.7 Å². The lowest BCUT2D eigenvalue weighted by atomic mass is 9.99. The van der Waals surface area contributed by atoms with Gasteiger partial charge in [0.25, 0.3) is 5.91 Å². The molecule has 1 aromatic carbocycles. The van der Waals surface area contributed by atoms with Crippen LogP contribution in [0, 0.1) is 6.92 Å². The van der Waals surface area contributed by atoms with Crippen LogP contribution in [0.25, 0.3) is 16.9 Å². The molecule has 0 radical (unpaired) electrons. The summed E-state index contributed by atoms with van der Waals surface area (Å²) in [5, 5.41) is 0.606. The maximum atomic E-state index is 12.9. The highest BCUT2D eigenvalue weighted by molar-refractivity contribution is 6.30. The topological polar surface area (TPSA) is 76.4 Å². The van der Waals surface area contributed by atoms with Crippen molar-refractivity contribution in [3.05, 3.63) is 58.4 Å². The second-order valence-electron chi connectivity index (χ2n) is 9.12. The van der Waals surface area contributed by atoms with Crippen molar-refractivity contribution >= 4 is 29.2 Å². The van der Waals surface area contributed by atoms with Crippen LogP contribution in [0.5, 0.6) is 0 Å². The fourth-order valence-corrected chi connectivity index (χ4v) is 5.15. The third-order valence-electron chi connectivity index (χ3n) is 6.80. The third kappa shape index (κ3) is 4.73. The van der Waals surface area contributed by atoms with E-state index < -0.39 is 0 Å². The number of methoxy groups -OCH3 is 1. The fraction of sp³-hybridized carbons (Fsp3) is 0.423. The van der Waals surface area contributed by atoms with Crippen LogP contribution in [0.15, 0.2) is 36.5 Å². The molecule has 2 aliphatic heterocycles. The van der Waals surface area contributed by atoms with Crippen molar-refractivity contribution < 1.29 is 19.1 Å². The largest absolute Gasteiger partial charge is 0.453 e. The van der Waals surface area contributed by atoms with E-state index in [1.807, 2.05) is 52.8 Å². The maximum Gasteiger partial charge on any atom is 0.409 e. The molecule has 2 saturated heterocycles. The Balaban J connectivity index is 1.50. The van der Waals surface area contributed by atoms with E-state index in [2.05, 4.69) is 0 Å². The van der Waals surface area contributed by atoms with Crippen LogP contribution in [-0.2, 0) is 15.9 Å². The number of likely N-dealkylation sites (tertiary alicyclic amines) is 1. The molecule has 2 aliphatic rings. The van der Waals surface area contributed by atoms with Gasteiger partial charge in [-0.2, -0.15) is 0 Å². The lowest BCUT2D eigenvalue weighted by Crippen LogP contribution is -2.46. The first-order valence-electron chi connectivity index (χ1n) is 12.0. The van der Waals surface area contributed by atoms with Crippen LogP contribution < -0.4 is 0 Å². The fourth-order valence-electron chi connectivity index (χ4n) is 5.00. The molecule has 0 saturated carbocycles. The molecule has 35 heavy (non-hydrogen) atoms. The number of carbonyl (C=O) groups is 2. The molecule has 184 valence electrons. The zero-order valence-electron chi connectivity index (χ0n) is 20.0. The van der Waals surface area contributed by atoms with E-state index in [4.69, 9.17) is 26.1 Å². The van der Waals surface area contributed by atoms with Gasteiger partial charge in [-0.3, -0.25) is 4.79 Å². The normalized spacial score (nSPS) is 18.3. The Labute approximate surface area is 209 Å². The van der Waals surface area contributed by atoms with Crippen molar-refractivity contribution in [1.82, 2.24) is 19.2 Å². The molecule has 2 amide bonds. The van der Waals surface area contributed by atoms with Gasteiger partial charge in [-0.25, -0.2) is 9.78 Å². The Kier molecular flexibility index (Phi) is 6.67. The molecular weight excluding hydrogens is 468 g/mol. The Hall–Kier alpha value is -3.10. The molecule has 5 rings (SSSR count). The van der Waals surface area contributed by atoms with Gasteiger partial charge in [0.2, 0.25) is 0 Å². The van der Waals surface area contributed by atoms with Crippen LogP contribution in [0.3, 0.4) is 0 Å². The van der Waals surface area contributed by atoms with E-state index >= 15 is 0 Å². The van der Waals surface area contributed by atoms with Gasteiger partial charge in [0.15, 0.2) is 0 Å². The second-order valence-corrected chi connectivity index (χ2v) is 9.56. The number of pyridine rings is 1. The number of rotatable bonds is 4. The number of imidazole rings is 1. The molecule has 8 nitrogen and oxygen atoms in total. The van der Waals surface area contributed by atoms with E-state index in [1.165, 1.54) is 7.11 Å². The Morgan fingerprint density at radius 3 is 2.69 bits per heavy atom. The minimum atomic E-state index is -0.349. The molecule has 0 bridgehead atoms. The summed E-state index contributed by atoms with van der Waals surface area (Å²) in [5.41, 5.74) is 5.16. The number of aryl methyl sites for hydroxylation is 1. The van der Waals surface area contributed by atoms with Gasteiger partial charge in [0.1, 0.15) is 5.65 Å². The van der Waals surface area contributed by atoms with Crippen molar-refractivity contribution in [2.45, 2.75) is 32.3 Å². The Morgan fingerprint density at radius 1 is 1.14 bits per heavy atom. The first kappa shape index (κ1) is 23.6. The molecule has 0 aliphatic carbocycles. The third-order valence-corrected chi connectivity index (χ3v) is 7.04. The second kappa shape index (κ2) is 9.87. The van der Waals surface area contributed by atoms with E-state index in [1.54, 1.807) is 4.90 Å². The zero-order valence-corrected chi connectivity index (χ0v) is 20.8. The summed E-state index contributed by atoms with van der Waals surface area (Å²) in [6.07, 6.45) is 4.04. The Morgan fingerprint density at radius 2 is 1.94 bits per heavy atom. The number of benzene rings is 1. The molecular formula is C26H29ClN4O4. The van der Waals surface area contributed by atoms with Crippen molar-refractivity contribution in [2.75, 3.05) is 39.9 Å². The number of halogens is 1. The average molecular weight is 497 g/mol. The molecule has 4 heterocycles. The molecule has 9 heteroatoms. The van der Waals surface area contributed by atoms with Crippen LogP contribution in [0.1, 0.15) is 34.5 Å². The first-order valence-corrected chi connectivity index (χ1v) is 12.3.